The molecule has 1 aliphatic heterocycles. The molecular weight excluding hydrogens is 252 g/mol. The highest BCUT2D eigenvalue weighted by molar-refractivity contribution is 5.28. The molecule has 0 radical (unpaired) electrons. The zero-order valence-corrected chi connectivity index (χ0v) is 13.1. The predicted molar refractivity (Wildman–Crippen MR) is 82.2 cm³/mol. The van der Waals surface area contributed by atoms with Gasteiger partial charge in [0.05, 0.1) is 5.69 Å². The average molecular weight is 280 g/mol. The zero-order valence-electron chi connectivity index (χ0n) is 13.1. The smallest absolute Gasteiger partial charge is 0.203 e. The highest BCUT2D eigenvalue weighted by Crippen LogP contribution is 2.19. The SMILES string of the molecule is COCCCNc1nc(C)cn1CC1CCCCN1C. The number of aromatic nitrogens is 2. The Morgan fingerprint density at radius 1 is 1.45 bits per heavy atom. The number of imidazole rings is 1. The highest BCUT2D eigenvalue weighted by atomic mass is 16.5. The number of anilines is 1. The van der Waals surface area contributed by atoms with Crippen molar-refractivity contribution < 1.29 is 4.74 Å². The second kappa shape index (κ2) is 7.64. The number of piperidine rings is 1. The quantitative estimate of drug-likeness (QED) is 0.777. The van der Waals surface area contributed by atoms with Gasteiger partial charge in [0.25, 0.3) is 0 Å². The van der Waals surface area contributed by atoms with Crippen molar-refractivity contribution in [2.75, 3.05) is 39.2 Å². The fourth-order valence-corrected chi connectivity index (χ4v) is 2.85. The number of aryl methyl sites for hydroxylation is 1. The second-order valence-electron chi connectivity index (χ2n) is 5.76. The summed E-state index contributed by atoms with van der Waals surface area (Å²) in [5.74, 6) is 0.998. The molecule has 1 N–H and O–H groups in total. The van der Waals surface area contributed by atoms with Crippen LogP contribution in [0, 0.1) is 6.92 Å². The molecule has 1 unspecified atom stereocenters. The molecule has 1 atom stereocenters. The van der Waals surface area contributed by atoms with Crippen molar-refractivity contribution in [2.45, 2.75) is 45.2 Å². The third kappa shape index (κ3) is 4.21. The number of nitrogens with zero attached hydrogens (tertiary/aromatic N) is 3. The van der Waals surface area contributed by atoms with Crippen LogP contribution in [0.3, 0.4) is 0 Å². The van der Waals surface area contributed by atoms with Crippen LogP contribution in [0.4, 0.5) is 5.95 Å². The first-order chi connectivity index (χ1) is 9.70. The van der Waals surface area contributed by atoms with Gasteiger partial charge in [-0.1, -0.05) is 6.42 Å². The van der Waals surface area contributed by atoms with Gasteiger partial charge in [-0.2, -0.15) is 0 Å². The van der Waals surface area contributed by atoms with Crippen molar-refractivity contribution in [3.8, 4) is 0 Å². The third-order valence-corrected chi connectivity index (χ3v) is 4.03. The molecule has 1 aliphatic rings. The summed E-state index contributed by atoms with van der Waals surface area (Å²) in [6.07, 6.45) is 7.13. The molecule has 5 nitrogen and oxygen atoms in total. The summed E-state index contributed by atoms with van der Waals surface area (Å²) in [6.45, 7) is 6.00. The van der Waals surface area contributed by atoms with E-state index in [4.69, 9.17) is 4.74 Å². The number of hydrogen-bond acceptors (Lipinski definition) is 4. The summed E-state index contributed by atoms with van der Waals surface area (Å²) >= 11 is 0. The number of rotatable bonds is 7. The van der Waals surface area contributed by atoms with Crippen molar-refractivity contribution >= 4 is 5.95 Å². The zero-order chi connectivity index (χ0) is 14.4. The van der Waals surface area contributed by atoms with Crippen LogP contribution in [0.2, 0.25) is 0 Å². The maximum absolute atomic E-state index is 5.08. The standard InChI is InChI=1S/C15H28N4O/c1-13-11-19(12-14-7-4-5-9-18(14)2)15(17-13)16-8-6-10-20-3/h11,14H,4-10,12H2,1-3H3,(H,16,17). The molecule has 0 aromatic carbocycles. The summed E-state index contributed by atoms with van der Waals surface area (Å²) in [5, 5.41) is 3.43. The highest BCUT2D eigenvalue weighted by Gasteiger charge is 2.20. The van der Waals surface area contributed by atoms with Crippen molar-refractivity contribution in [3.05, 3.63) is 11.9 Å². The topological polar surface area (TPSA) is 42.3 Å². The molecule has 0 saturated carbocycles. The number of hydrogen-bond donors (Lipinski definition) is 1. The molecule has 1 aromatic heterocycles. The molecule has 5 heteroatoms. The number of nitrogens with one attached hydrogen (secondary N) is 1. The Balaban J connectivity index is 1.92. The molecule has 2 heterocycles. The maximum Gasteiger partial charge on any atom is 0.203 e. The van der Waals surface area contributed by atoms with E-state index < -0.39 is 0 Å². The average Bonchev–Trinajstić information content (AvgIpc) is 2.78. The predicted octanol–water partition coefficient (Wildman–Crippen LogP) is 2.12. The van der Waals surface area contributed by atoms with Gasteiger partial charge in [-0.05, 0) is 39.8 Å². The number of likely N-dealkylation sites (tertiary alicyclic amines) is 1. The Labute approximate surface area is 122 Å². The summed E-state index contributed by atoms with van der Waals surface area (Å²) in [4.78, 5) is 7.07. The van der Waals surface area contributed by atoms with E-state index in [1.807, 2.05) is 0 Å². The normalized spacial score (nSPS) is 20.2. The molecule has 1 saturated heterocycles. The first-order valence-electron chi connectivity index (χ1n) is 7.67. The van der Waals surface area contributed by atoms with E-state index in [1.54, 1.807) is 7.11 Å². The van der Waals surface area contributed by atoms with E-state index in [9.17, 15) is 0 Å². The molecular formula is C15H28N4O. The van der Waals surface area contributed by atoms with Crippen LogP contribution in [0.25, 0.3) is 0 Å². The van der Waals surface area contributed by atoms with E-state index in [0.29, 0.717) is 6.04 Å². The van der Waals surface area contributed by atoms with Crippen molar-refractivity contribution in [3.63, 3.8) is 0 Å². The van der Waals surface area contributed by atoms with Crippen LogP contribution in [0.15, 0.2) is 6.20 Å². The number of ether oxygens (including phenoxy) is 1. The van der Waals surface area contributed by atoms with Gasteiger partial charge in [0, 0.05) is 39.0 Å². The number of likely N-dealkylation sites (N-methyl/N-ethyl adjacent to an activating group) is 1. The van der Waals surface area contributed by atoms with Gasteiger partial charge in [0.1, 0.15) is 0 Å². The summed E-state index contributed by atoms with van der Waals surface area (Å²) in [7, 11) is 3.98. The number of methoxy groups -OCH3 is 1. The molecule has 2 rings (SSSR count). The Morgan fingerprint density at radius 2 is 2.30 bits per heavy atom. The first kappa shape index (κ1) is 15.3. The Kier molecular flexibility index (Phi) is 5.86. The second-order valence-corrected chi connectivity index (χ2v) is 5.76. The minimum Gasteiger partial charge on any atom is -0.385 e. The molecule has 0 aliphatic carbocycles. The van der Waals surface area contributed by atoms with Crippen LogP contribution in [0.5, 0.6) is 0 Å². The lowest BCUT2D eigenvalue weighted by Gasteiger charge is -2.32. The van der Waals surface area contributed by atoms with Crippen LogP contribution in [-0.4, -0.2) is 54.3 Å². The Bertz CT molecular complexity index is 405. The first-order valence-corrected chi connectivity index (χ1v) is 7.67. The van der Waals surface area contributed by atoms with Gasteiger partial charge in [-0.15, -0.1) is 0 Å². The van der Waals surface area contributed by atoms with Crippen LogP contribution in [0.1, 0.15) is 31.4 Å². The molecule has 114 valence electrons. The minimum atomic E-state index is 0.636. The van der Waals surface area contributed by atoms with Gasteiger partial charge in [0.15, 0.2) is 0 Å². The summed E-state index contributed by atoms with van der Waals surface area (Å²) in [5.41, 5.74) is 1.08. The van der Waals surface area contributed by atoms with Crippen LogP contribution < -0.4 is 5.32 Å². The van der Waals surface area contributed by atoms with E-state index >= 15 is 0 Å². The monoisotopic (exact) mass is 280 g/mol. The van der Waals surface area contributed by atoms with E-state index in [-0.39, 0.29) is 0 Å². The largest absolute Gasteiger partial charge is 0.385 e. The lowest BCUT2D eigenvalue weighted by Crippen LogP contribution is -2.39. The molecule has 20 heavy (non-hydrogen) atoms. The van der Waals surface area contributed by atoms with Crippen LogP contribution in [-0.2, 0) is 11.3 Å². The van der Waals surface area contributed by atoms with Crippen molar-refractivity contribution in [1.29, 1.82) is 0 Å². The van der Waals surface area contributed by atoms with Crippen molar-refractivity contribution in [2.24, 2.45) is 0 Å². The molecule has 1 aromatic rings. The van der Waals surface area contributed by atoms with Gasteiger partial charge in [0.2, 0.25) is 5.95 Å². The lowest BCUT2D eigenvalue weighted by molar-refractivity contribution is 0.168. The van der Waals surface area contributed by atoms with Gasteiger partial charge in [-0.25, -0.2) is 4.98 Å². The maximum atomic E-state index is 5.08. The fourth-order valence-electron chi connectivity index (χ4n) is 2.85. The minimum absolute atomic E-state index is 0.636. The van der Waals surface area contributed by atoms with Gasteiger partial charge < -0.3 is 19.5 Å². The van der Waals surface area contributed by atoms with Crippen LogP contribution >= 0.6 is 0 Å². The van der Waals surface area contributed by atoms with E-state index in [1.165, 1.54) is 25.8 Å². The Hall–Kier alpha value is -1.07. The molecule has 0 bridgehead atoms. The molecule has 1 fully saturated rings. The Morgan fingerprint density at radius 3 is 3.05 bits per heavy atom. The van der Waals surface area contributed by atoms with E-state index in [2.05, 4.69) is 39.9 Å². The van der Waals surface area contributed by atoms with Gasteiger partial charge in [-0.3, -0.25) is 0 Å². The van der Waals surface area contributed by atoms with E-state index in [0.717, 1.165) is 37.8 Å². The summed E-state index contributed by atoms with van der Waals surface area (Å²) in [6, 6.07) is 0.636. The van der Waals surface area contributed by atoms with Gasteiger partial charge >= 0.3 is 0 Å². The fraction of sp³-hybridized carbons (Fsp3) is 0.800. The van der Waals surface area contributed by atoms with Crippen molar-refractivity contribution in [1.82, 2.24) is 14.5 Å². The molecule has 0 spiro atoms. The molecule has 0 amide bonds. The summed E-state index contributed by atoms with van der Waals surface area (Å²) < 4.78 is 7.35. The lowest BCUT2D eigenvalue weighted by atomic mass is 10.0. The third-order valence-electron chi connectivity index (χ3n) is 4.03.